The Hall–Kier alpha value is -2.24. The molecule has 0 spiro atoms. The van der Waals surface area contributed by atoms with Crippen molar-refractivity contribution in [2.75, 3.05) is 36.8 Å². The fourth-order valence-electron chi connectivity index (χ4n) is 2.25. The normalized spacial score (nSPS) is 10.1. The molecule has 4 amide bonds. The lowest BCUT2D eigenvalue weighted by Crippen LogP contribution is -2.35. The third kappa shape index (κ3) is 5.16. The highest BCUT2D eigenvalue weighted by Crippen LogP contribution is 2.21. The predicted octanol–water partition coefficient (Wildman–Crippen LogP) is 3.74. The highest BCUT2D eigenvalue weighted by Gasteiger charge is 2.13. The monoisotopic (exact) mass is 320 g/mol. The number of anilines is 2. The number of nitrogens with zero attached hydrogens (tertiary/aromatic N) is 2. The van der Waals surface area contributed by atoms with Crippen molar-refractivity contribution in [1.82, 2.24) is 9.80 Å². The third-order valence-corrected chi connectivity index (χ3v) is 3.83. The van der Waals surface area contributed by atoms with Crippen LogP contribution < -0.4 is 10.6 Å². The first-order valence-corrected chi connectivity index (χ1v) is 8.19. The molecule has 0 heterocycles. The number of amides is 4. The summed E-state index contributed by atoms with van der Waals surface area (Å²) < 4.78 is 0. The number of carbonyl (C=O) groups is 2. The van der Waals surface area contributed by atoms with Gasteiger partial charge in [0.05, 0.1) is 0 Å². The van der Waals surface area contributed by atoms with Crippen LogP contribution in [0, 0.1) is 6.92 Å². The minimum atomic E-state index is -0.139. The Balaban J connectivity index is 2.87. The lowest BCUT2D eigenvalue weighted by Gasteiger charge is -2.21. The van der Waals surface area contributed by atoms with Crippen LogP contribution >= 0.6 is 0 Å². The summed E-state index contributed by atoms with van der Waals surface area (Å²) in [5, 5.41) is 5.77. The molecule has 6 nitrogen and oxygen atoms in total. The zero-order chi connectivity index (χ0) is 17.4. The van der Waals surface area contributed by atoms with E-state index in [1.807, 2.05) is 46.8 Å². The fraction of sp³-hybridized carbons (Fsp3) is 0.529. The lowest BCUT2D eigenvalue weighted by atomic mass is 10.2. The number of aryl methyl sites for hydroxylation is 1. The van der Waals surface area contributed by atoms with E-state index in [4.69, 9.17) is 0 Å². The van der Waals surface area contributed by atoms with Gasteiger partial charge in [-0.3, -0.25) is 0 Å². The van der Waals surface area contributed by atoms with E-state index < -0.39 is 0 Å². The molecular formula is C17H28N4O2. The van der Waals surface area contributed by atoms with Crippen LogP contribution in [0.2, 0.25) is 0 Å². The van der Waals surface area contributed by atoms with Crippen molar-refractivity contribution in [3.8, 4) is 0 Å². The Labute approximate surface area is 138 Å². The van der Waals surface area contributed by atoms with Crippen LogP contribution in [0.3, 0.4) is 0 Å². The van der Waals surface area contributed by atoms with Crippen LogP contribution in [0.5, 0.6) is 0 Å². The minimum Gasteiger partial charge on any atom is -0.325 e. The van der Waals surface area contributed by atoms with Gasteiger partial charge in [-0.25, -0.2) is 9.59 Å². The van der Waals surface area contributed by atoms with Gasteiger partial charge in [0.2, 0.25) is 0 Å². The maximum atomic E-state index is 12.2. The molecule has 1 rings (SSSR count). The number of rotatable bonds is 6. The molecule has 0 atom stereocenters. The average Bonchev–Trinajstić information content (AvgIpc) is 2.53. The molecule has 128 valence electrons. The first-order valence-electron chi connectivity index (χ1n) is 8.19. The van der Waals surface area contributed by atoms with Gasteiger partial charge in [-0.15, -0.1) is 0 Å². The largest absolute Gasteiger partial charge is 0.325 e. The Kier molecular flexibility index (Phi) is 7.38. The highest BCUT2D eigenvalue weighted by molar-refractivity contribution is 5.93. The van der Waals surface area contributed by atoms with E-state index in [2.05, 4.69) is 10.6 Å². The Morgan fingerprint density at radius 3 is 1.83 bits per heavy atom. The number of hydrogen-bond donors (Lipinski definition) is 2. The summed E-state index contributed by atoms with van der Waals surface area (Å²) in [4.78, 5) is 27.7. The lowest BCUT2D eigenvalue weighted by molar-refractivity contribution is 0.216. The van der Waals surface area contributed by atoms with Gasteiger partial charge < -0.3 is 20.4 Å². The summed E-state index contributed by atoms with van der Waals surface area (Å²) >= 11 is 0. The van der Waals surface area contributed by atoms with Crippen LogP contribution in [0.4, 0.5) is 21.0 Å². The van der Waals surface area contributed by atoms with E-state index in [1.165, 1.54) is 0 Å². The quantitative estimate of drug-likeness (QED) is 0.838. The summed E-state index contributed by atoms with van der Waals surface area (Å²) in [6.45, 7) is 12.3. The molecule has 0 aliphatic heterocycles. The van der Waals surface area contributed by atoms with Crippen LogP contribution in [0.15, 0.2) is 18.2 Å². The zero-order valence-corrected chi connectivity index (χ0v) is 14.8. The van der Waals surface area contributed by atoms with Crippen molar-refractivity contribution in [3.05, 3.63) is 23.8 Å². The first-order chi connectivity index (χ1) is 11.0. The molecule has 1 aromatic carbocycles. The molecule has 0 saturated heterocycles. The van der Waals surface area contributed by atoms with Gasteiger partial charge in [0.15, 0.2) is 0 Å². The fourth-order valence-corrected chi connectivity index (χ4v) is 2.25. The van der Waals surface area contributed by atoms with E-state index in [0.29, 0.717) is 37.6 Å². The molecule has 0 bridgehead atoms. The van der Waals surface area contributed by atoms with Crippen LogP contribution in [-0.2, 0) is 0 Å². The van der Waals surface area contributed by atoms with Crippen molar-refractivity contribution >= 4 is 23.4 Å². The molecule has 0 aliphatic rings. The second-order valence-corrected chi connectivity index (χ2v) is 5.23. The SMILES string of the molecule is CCN(CC)C(=O)Nc1ccc(C)c(NC(=O)N(CC)CC)c1. The standard InChI is InChI=1S/C17H28N4O2/c1-6-20(7-2)16(22)18-14-11-10-13(5)15(12-14)19-17(23)21(8-3)9-4/h10-12H,6-9H2,1-5H3,(H,18,22)(H,19,23). The molecule has 0 aromatic heterocycles. The average molecular weight is 320 g/mol. The van der Waals surface area contributed by atoms with Gasteiger partial charge in [-0.1, -0.05) is 6.07 Å². The van der Waals surface area contributed by atoms with Crippen molar-refractivity contribution < 1.29 is 9.59 Å². The number of urea groups is 2. The van der Waals surface area contributed by atoms with Crippen LogP contribution in [0.1, 0.15) is 33.3 Å². The summed E-state index contributed by atoms with van der Waals surface area (Å²) in [6, 6.07) is 5.24. The van der Waals surface area contributed by atoms with Gasteiger partial charge in [0.25, 0.3) is 0 Å². The number of benzene rings is 1. The van der Waals surface area contributed by atoms with Crippen molar-refractivity contribution in [3.63, 3.8) is 0 Å². The minimum absolute atomic E-state index is 0.134. The topological polar surface area (TPSA) is 64.7 Å². The molecule has 0 saturated carbocycles. The van der Waals surface area contributed by atoms with Crippen molar-refractivity contribution in [2.24, 2.45) is 0 Å². The Bertz CT molecular complexity index is 537. The summed E-state index contributed by atoms with van der Waals surface area (Å²) in [6.07, 6.45) is 0. The smallest absolute Gasteiger partial charge is 0.321 e. The maximum absolute atomic E-state index is 12.2. The molecule has 23 heavy (non-hydrogen) atoms. The summed E-state index contributed by atoms with van der Waals surface area (Å²) in [5.41, 5.74) is 2.33. The van der Waals surface area contributed by atoms with Gasteiger partial charge >= 0.3 is 12.1 Å². The Morgan fingerprint density at radius 2 is 1.35 bits per heavy atom. The molecular weight excluding hydrogens is 292 g/mol. The molecule has 0 unspecified atom stereocenters. The molecule has 1 aromatic rings. The van der Waals surface area contributed by atoms with E-state index in [9.17, 15) is 9.59 Å². The van der Waals surface area contributed by atoms with Gasteiger partial charge in [0, 0.05) is 37.6 Å². The second kappa shape index (κ2) is 9.02. The molecule has 0 fully saturated rings. The summed E-state index contributed by atoms with van der Waals surface area (Å²) in [5.74, 6) is 0. The van der Waals surface area contributed by atoms with E-state index in [1.54, 1.807) is 15.9 Å². The van der Waals surface area contributed by atoms with Gasteiger partial charge in [0.1, 0.15) is 0 Å². The Morgan fingerprint density at radius 1 is 0.870 bits per heavy atom. The van der Waals surface area contributed by atoms with E-state index >= 15 is 0 Å². The maximum Gasteiger partial charge on any atom is 0.321 e. The number of carbonyl (C=O) groups excluding carboxylic acids is 2. The van der Waals surface area contributed by atoms with Crippen LogP contribution in [-0.4, -0.2) is 48.0 Å². The second-order valence-electron chi connectivity index (χ2n) is 5.23. The van der Waals surface area contributed by atoms with E-state index in [-0.39, 0.29) is 12.1 Å². The third-order valence-electron chi connectivity index (χ3n) is 3.83. The van der Waals surface area contributed by atoms with Crippen molar-refractivity contribution in [2.45, 2.75) is 34.6 Å². The number of nitrogens with one attached hydrogen (secondary N) is 2. The molecule has 6 heteroatoms. The highest BCUT2D eigenvalue weighted by atomic mass is 16.2. The first kappa shape index (κ1) is 18.8. The zero-order valence-electron chi connectivity index (χ0n) is 14.8. The molecule has 2 N–H and O–H groups in total. The predicted molar refractivity (Wildman–Crippen MR) is 95.1 cm³/mol. The van der Waals surface area contributed by atoms with E-state index in [0.717, 1.165) is 5.56 Å². The van der Waals surface area contributed by atoms with Gasteiger partial charge in [-0.05, 0) is 52.3 Å². The summed E-state index contributed by atoms with van der Waals surface area (Å²) in [7, 11) is 0. The van der Waals surface area contributed by atoms with Crippen LogP contribution in [0.25, 0.3) is 0 Å². The van der Waals surface area contributed by atoms with Crippen molar-refractivity contribution in [1.29, 1.82) is 0 Å². The van der Waals surface area contributed by atoms with Gasteiger partial charge in [-0.2, -0.15) is 0 Å². The molecule has 0 radical (unpaired) electrons. The molecule has 0 aliphatic carbocycles. The number of hydrogen-bond acceptors (Lipinski definition) is 2.